The van der Waals surface area contributed by atoms with E-state index in [1.807, 2.05) is 52.0 Å². The Balaban J connectivity index is 1.65. The van der Waals surface area contributed by atoms with Crippen molar-refractivity contribution in [3.05, 3.63) is 94.6 Å². The van der Waals surface area contributed by atoms with E-state index in [0.29, 0.717) is 17.9 Å². The minimum Gasteiger partial charge on any atom is -0.475 e. The molecule has 0 fully saturated rings. The number of hydrogen-bond acceptors (Lipinski definition) is 8. The Hall–Kier alpha value is -4.64. The van der Waals surface area contributed by atoms with Crippen LogP contribution in [0.2, 0.25) is 0 Å². The highest BCUT2D eigenvalue weighted by atomic mass is 32.2. The molecule has 1 aliphatic rings. The molecule has 0 saturated carbocycles. The van der Waals surface area contributed by atoms with Gasteiger partial charge in [-0.05, 0) is 68.9 Å². The fourth-order valence-electron chi connectivity index (χ4n) is 5.55. The lowest BCUT2D eigenvalue weighted by Crippen LogP contribution is -2.45. The summed E-state index contributed by atoms with van der Waals surface area (Å²) in [4.78, 5) is 34.0. The molecule has 4 aromatic rings. The number of hydrogen-bond donors (Lipinski definition) is 1. The molecule has 0 saturated heterocycles. The van der Waals surface area contributed by atoms with Crippen LogP contribution in [0.5, 0.6) is 5.88 Å². The molecule has 0 unspecified atom stereocenters. The molecule has 1 N–H and O–H groups in total. The molecule has 0 spiro atoms. The van der Waals surface area contributed by atoms with Gasteiger partial charge in [-0.1, -0.05) is 56.7 Å². The quantitative estimate of drug-likeness (QED) is 0.258. The second-order valence-corrected chi connectivity index (χ2v) is 14.8. The van der Waals surface area contributed by atoms with E-state index in [2.05, 4.69) is 45.4 Å². The number of benzene rings is 2. The van der Waals surface area contributed by atoms with Crippen LogP contribution in [0.15, 0.2) is 71.4 Å². The first-order valence-corrected chi connectivity index (χ1v) is 16.6. The summed E-state index contributed by atoms with van der Waals surface area (Å²) < 4.78 is 36.1. The van der Waals surface area contributed by atoms with Gasteiger partial charge < -0.3 is 9.64 Å². The maximum atomic E-state index is 14.3. The van der Waals surface area contributed by atoms with E-state index in [1.54, 1.807) is 35.5 Å². The Kier molecular flexibility index (Phi) is 9.25. The van der Waals surface area contributed by atoms with Crippen molar-refractivity contribution in [2.24, 2.45) is 5.41 Å². The molecule has 46 heavy (non-hydrogen) atoms. The first-order chi connectivity index (χ1) is 21.7. The molecule has 1 aliphatic heterocycles. The zero-order chi connectivity index (χ0) is 33.2. The summed E-state index contributed by atoms with van der Waals surface area (Å²) in [7, 11) is -4.17. The minimum absolute atomic E-state index is 0.0872. The van der Waals surface area contributed by atoms with Gasteiger partial charge >= 0.3 is 0 Å². The Labute approximate surface area is 271 Å². The average Bonchev–Trinajstić information content (AvgIpc) is 2.97. The number of rotatable bonds is 5. The average molecular weight is 641 g/mol. The Bertz CT molecular complexity index is 1880. The number of ether oxygens (including phenoxy) is 1. The summed E-state index contributed by atoms with van der Waals surface area (Å²) in [5, 5.41) is 0. The molecule has 2 aromatic carbocycles. The highest BCUT2D eigenvalue weighted by Crippen LogP contribution is 2.31. The minimum atomic E-state index is -4.17. The number of fused-ring (bicyclic) bond motifs is 4. The number of allylic oxidation sites excluding steroid dienone is 1. The lowest BCUT2D eigenvalue weighted by atomic mass is 9.87. The van der Waals surface area contributed by atoms with Gasteiger partial charge in [0.15, 0.2) is 0 Å². The number of anilines is 1. The van der Waals surface area contributed by atoms with Gasteiger partial charge in [0.2, 0.25) is 11.8 Å². The van der Waals surface area contributed by atoms with Crippen LogP contribution in [0.25, 0.3) is 17.3 Å². The van der Waals surface area contributed by atoms with E-state index < -0.39 is 16.1 Å². The zero-order valence-corrected chi connectivity index (χ0v) is 28.1. The standard InChI is InChI=1S/C35H40N6O4S/c1-22(2)14-25-18-36-30(37-19-25)20-41-27(17-35(5,6)7)21-45-31-16-29(32-23(3)10-8-11-24(32)4)38-34(39-31)40-46(43,44)28-13-9-12-26(15-28)33(41)42/h8-16,18-19,27H,17,20-21H2,1-7H3,(H,38,39,40)/t27-/m1/s1. The van der Waals surface area contributed by atoms with Crippen molar-refractivity contribution in [2.75, 3.05) is 11.3 Å². The van der Waals surface area contributed by atoms with Gasteiger partial charge in [-0.25, -0.2) is 28.1 Å². The van der Waals surface area contributed by atoms with Crippen LogP contribution in [0.4, 0.5) is 5.95 Å². The molecule has 3 heterocycles. The number of nitrogens with one attached hydrogen (secondary N) is 1. The molecule has 4 bridgehead atoms. The van der Waals surface area contributed by atoms with Crippen molar-refractivity contribution in [2.45, 2.75) is 72.4 Å². The van der Waals surface area contributed by atoms with E-state index >= 15 is 0 Å². The molecular formula is C35H40N6O4S. The van der Waals surface area contributed by atoms with E-state index in [0.717, 1.165) is 27.8 Å². The number of aromatic nitrogens is 4. The Morgan fingerprint density at radius 3 is 2.35 bits per heavy atom. The van der Waals surface area contributed by atoms with Crippen molar-refractivity contribution in [3.8, 4) is 17.1 Å². The van der Waals surface area contributed by atoms with Gasteiger partial charge in [-0.15, -0.1) is 0 Å². The smallest absolute Gasteiger partial charge is 0.264 e. The van der Waals surface area contributed by atoms with E-state index in [1.165, 1.54) is 12.1 Å². The van der Waals surface area contributed by atoms with Crippen LogP contribution in [-0.2, 0) is 16.6 Å². The lowest BCUT2D eigenvalue weighted by molar-refractivity contribution is 0.0505. The van der Waals surface area contributed by atoms with Crippen LogP contribution in [0, 0.1) is 19.3 Å². The maximum absolute atomic E-state index is 14.3. The van der Waals surface area contributed by atoms with Crippen molar-refractivity contribution in [1.29, 1.82) is 0 Å². The maximum Gasteiger partial charge on any atom is 0.264 e. The third-order valence-electron chi connectivity index (χ3n) is 7.52. The largest absolute Gasteiger partial charge is 0.475 e. The summed E-state index contributed by atoms with van der Waals surface area (Å²) in [5.74, 6) is 0.153. The van der Waals surface area contributed by atoms with Crippen LogP contribution in [-0.4, -0.2) is 51.8 Å². The monoisotopic (exact) mass is 640 g/mol. The Morgan fingerprint density at radius 1 is 1.02 bits per heavy atom. The summed E-state index contributed by atoms with van der Waals surface area (Å²) in [6, 6.07) is 13.1. The fourth-order valence-corrected chi connectivity index (χ4v) is 6.54. The number of aryl methyl sites for hydroxylation is 2. The van der Waals surface area contributed by atoms with Gasteiger partial charge in [0.05, 0.1) is 23.2 Å². The van der Waals surface area contributed by atoms with Crippen molar-refractivity contribution >= 4 is 28.0 Å². The molecule has 1 atom stereocenters. The normalized spacial score (nSPS) is 16.3. The number of amides is 1. The van der Waals surface area contributed by atoms with Gasteiger partial charge in [-0.3, -0.25) is 4.79 Å². The highest BCUT2D eigenvalue weighted by molar-refractivity contribution is 7.92. The molecule has 2 aromatic heterocycles. The molecular weight excluding hydrogens is 600 g/mol. The lowest BCUT2D eigenvalue weighted by Gasteiger charge is -2.35. The third-order valence-corrected chi connectivity index (χ3v) is 8.85. The van der Waals surface area contributed by atoms with E-state index in [-0.39, 0.29) is 46.8 Å². The topological polar surface area (TPSA) is 127 Å². The molecule has 5 rings (SSSR count). The number of carbonyl (C=O) groups is 1. The van der Waals surface area contributed by atoms with Gasteiger partial charge in [0.25, 0.3) is 15.9 Å². The van der Waals surface area contributed by atoms with Crippen molar-refractivity contribution in [3.63, 3.8) is 0 Å². The van der Waals surface area contributed by atoms with Crippen LogP contribution in [0.1, 0.15) is 73.9 Å². The Morgan fingerprint density at radius 2 is 1.70 bits per heavy atom. The van der Waals surface area contributed by atoms with Crippen LogP contribution < -0.4 is 9.46 Å². The summed E-state index contributed by atoms with van der Waals surface area (Å²) >= 11 is 0. The molecule has 10 nitrogen and oxygen atoms in total. The first kappa shape index (κ1) is 32.7. The summed E-state index contributed by atoms with van der Waals surface area (Å²) in [6.45, 7) is 14.4. The number of carbonyl (C=O) groups excluding carboxylic acids is 1. The van der Waals surface area contributed by atoms with Crippen LogP contribution in [0.3, 0.4) is 0 Å². The summed E-state index contributed by atoms with van der Waals surface area (Å²) in [6.07, 6.45) is 6.01. The molecule has 0 aliphatic carbocycles. The second kappa shape index (κ2) is 13.0. The number of sulfonamides is 1. The fraction of sp³-hybridized carbons (Fsp3) is 0.343. The van der Waals surface area contributed by atoms with Crippen molar-refractivity contribution < 1.29 is 17.9 Å². The predicted octanol–water partition coefficient (Wildman–Crippen LogP) is 6.61. The van der Waals surface area contributed by atoms with Crippen molar-refractivity contribution in [1.82, 2.24) is 24.8 Å². The molecule has 0 radical (unpaired) electrons. The number of nitrogens with zero attached hydrogens (tertiary/aromatic N) is 5. The first-order valence-electron chi connectivity index (χ1n) is 15.2. The van der Waals surface area contributed by atoms with E-state index in [9.17, 15) is 13.2 Å². The van der Waals surface area contributed by atoms with Gasteiger partial charge in [-0.2, -0.15) is 4.98 Å². The third kappa shape index (κ3) is 7.77. The molecule has 240 valence electrons. The highest BCUT2D eigenvalue weighted by Gasteiger charge is 2.32. The van der Waals surface area contributed by atoms with E-state index in [4.69, 9.17) is 4.74 Å². The van der Waals surface area contributed by atoms with Gasteiger partial charge in [0, 0.05) is 35.2 Å². The van der Waals surface area contributed by atoms with Gasteiger partial charge in [0.1, 0.15) is 12.4 Å². The molecule has 11 heteroatoms. The van der Waals surface area contributed by atoms with Crippen LogP contribution >= 0.6 is 0 Å². The molecule has 1 amide bonds. The second-order valence-electron chi connectivity index (χ2n) is 13.1. The summed E-state index contributed by atoms with van der Waals surface area (Å²) in [5.41, 5.74) is 5.33. The SMILES string of the molecule is CC(C)=Cc1cnc(CN2C(=O)c3cccc(c3)S(=O)(=O)Nc3nc(cc(-c4c(C)cccc4C)n3)OC[C@H]2CC(C)(C)C)nc1. The predicted molar refractivity (Wildman–Crippen MR) is 179 cm³/mol. The zero-order valence-electron chi connectivity index (χ0n) is 27.3.